The molecule has 2 aromatic heterocycles. The Morgan fingerprint density at radius 2 is 1.94 bits per heavy atom. The standard InChI is InChI=1S/C22H26FN3O.C6H7N.CH2S/c1-22(27)10-9-18-14(12-22)3-2-4-20-19(18)11-15(13-24)21(26-20)25-17-7-5-16(23)6-8-17;1-6-4-2-3-5-7-6;1-2/h5-8,11,13-14,18,24,27H,2-4,9-10,12H2,1H3,(H,25,26);2-5H,1H3;1H2/t14-,18?,22+;;/m1../s1. The van der Waals surface area contributed by atoms with Gasteiger partial charge in [-0.05, 0) is 118 Å². The minimum atomic E-state index is -0.562. The second-order valence-corrected chi connectivity index (χ2v) is 9.71. The summed E-state index contributed by atoms with van der Waals surface area (Å²) >= 11 is 3.83. The van der Waals surface area contributed by atoms with E-state index in [1.165, 1.54) is 23.9 Å². The Balaban J connectivity index is 0.000000342. The second kappa shape index (κ2) is 12.8. The van der Waals surface area contributed by atoms with Gasteiger partial charge in [0.05, 0.1) is 5.60 Å². The number of thiocarbonyl (C=S) groups is 1. The van der Waals surface area contributed by atoms with Crippen LogP contribution in [0.3, 0.4) is 0 Å². The van der Waals surface area contributed by atoms with E-state index in [9.17, 15) is 9.50 Å². The van der Waals surface area contributed by atoms with Gasteiger partial charge in [0.1, 0.15) is 11.6 Å². The van der Waals surface area contributed by atoms with Gasteiger partial charge >= 0.3 is 0 Å². The maximum atomic E-state index is 13.2. The predicted octanol–water partition coefficient (Wildman–Crippen LogP) is 6.94. The van der Waals surface area contributed by atoms with Crippen LogP contribution in [0, 0.1) is 24.1 Å². The van der Waals surface area contributed by atoms with Crippen molar-refractivity contribution in [3.8, 4) is 0 Å². The Morgan fingerprint density at radius 1 is 1.19 bits per heavy atom. The highest BCUT2D eigenvalue weighted by Gasteiger charge is 2.39. The summed E-state index contributed by atoms with van der Waals surface area (Å²) in [6.45, 7) is 3.92. The number of nitrogens with one attached hydrogen (secondary N) is 2. The van der Waals surface area contributed by atoms with Gasteiger partial charge in [-0.3, -0.25) is 4.98 Å². The molecule has 7 heteroatoms. The molecule has 0 bridgehead atoms. The average Bonchev–Trinajstić information content (AvgIpc) is 3.04. The van der Waals surface area contributed by atoms with Gasteiger partial charge in [0.2, 0.25) is 0 Å². The zero-order chi connectivity index (χ0) is 26.1. The number of fused-ring (bicyclic) bond motifs is 3. The first-order valence-electron chi connectivity index (χ1n) is 12.3. The number of hydrogen-bond donors (Lipinski definition) is 3. The number of hydrogen-bond acceptors (Lipinski definition) is 6. The summed E-state index contributed by atoms with van der Waals surface area (Å²) in [6, 6.07) is 14.1. The first-order chi connectivity index (χ1) is 17.3. The van der Waals surface area contributed by atoms with Gasteiger partial charge in [0.25, 0.3) is 0 Å². The van der Waals surface area contributed by atoms with Crippen LogP contribution >= 0.6 is 12.2 Å². The molecule has 2 heterocycles. The van der Waals surface area contributed by atoms with E-state index in [0.29, 0.717) is 17.7 Å². The van der Waals surface area contributed by atoms with Crippen molar-refractivity contribution in [2.45, 2.75) is 63.9 Å². The van der Waals surface area contributed by atoms with Crippen LogP contribution < -0.4 is 5.32 Å². The summed E-state index contributed by atoms with van der Waals surface area (Å²) in [4.78, 5) is 8.85. The number of pyridine rings is 2. The smallest absolute Gasteiger partial charge is 0.139 e. The van der Waals surface area contributed by atoms with Crippen LogP contribution in [0.4, 0.5) is 15.9 Å². The van der Waals surface area contributed by atoms with Crippen LogP contribution in [0.25, 0.3) is 0 Å². The van der Waals surface area contributed by atoms with Gasteiger partial charge in [-0.1, -0.05) is 18.3 Å². The number of nitrogens with zero attached hydrogens (tertiary/aromatic N) is 2. The molecule has 190 valence electrons. The summed E-state index contributed by atoms with van der Waals surface area (Å²) in [7, 11) is 0. The maximum Gasteiger partial charge on any atom is 0.139 e. The normalized spacial score (nSPS) is 22.2. The third kappa shape index (κ3) is 7.24. The lowest BCUT2D eigenvalue weighted by molar-refractivity contribution is -0.00802. The Hall–Kier alpha value is -3.03. The van der Waals surface area contributed by atoms with Crippen LogP contribution in [-0.4, -0.2) is 32.8 Å². The number of aryl methyl sites for hydroxylation is 2. The topological polar surface area (TPSA) is 81.9 Å². The molecule has 0 radical (unpaired) electrons. The van der Waals surface area contributed by atoms with Crippen molar-refractivity contribution in [2.75, 3.05) is 5.32 Å². The molecule has 1 unspecified atom stereocenters. The quantitative estimate of drug-likeness (QED) is 0.265. The fourth-order valence-corrected chi connectivity index (χ4v) is 5.19. The molecular weight excluding hydrogens is 471 g/mol. The van der Waals surface area contributed by atoms with E-state index in [4.69, 9.17) is 10.4 Å². The molecule has 36 heavy (non-hydrogen) atoms. The second-order valence-electron chi connectivity index (χ2n) is 9.71. The SMILES string of the molecule is C=S.C[C@]1(O)CCC2c3cc(C=N)c(Nc4ccc(F)cc4)nc3CCC[C@@H]2C1.Cc1ccccn1. The van der Waals surface area contributed by atoms with Crippen LogP contribution in [0.15, 0.2) is 54.7 Å². The summed E-state index contributed by atoms with van der Waals surface area (Å²) in [5.41, 5.74) is 4.36. The minimum Gasteiger partial charge on any atom is -0.390 e. The first-order valence-corrected chi connectivity index (χ1v) is 12.9. The monoisotopic (exact) mass is 506 g/mol. The van der Waals surface area contributed by atoms with Crippen LogP contribution in [-0.2, 0) is 6.42 Å². The summed E-state index contributed by atoms with van der Waals surface area (Å²) in [5.74, 6) is 4.10. The van der Waals surface area contributed by atoms with E-state index in [-0.39, 0.29) is 5.82 Å². The van der Waals surface area contributed by atoms with E-state index in [1.807, 2.05) is 32.0 Å². The number of halogens is 1. The first kappa shape index (κ1) is 27.6. The highest BCUT2D eigenvalue weighted by Crippen LogP contribution is 2.47. The fraction of sp³-hybridized carbons (Fsp3) is 0.379. The third-order valence-electron chi connectivity index (χ3n) is 6.89. The van der Waals surface area contributed by atoms with E-state index in [0.717, 1.165) is 61.2 Å². The van der Waals surface area contributed by atoms with E-state index in [2.05, 4.69) is 34.5 Å². The fourth-order valence-electron chi connectivity index (χ4n) is 5.19. The van der Waals surface area contributed by atoms with Crippen molar-refractivity contribution in [1.82, 2.24) is 9.97 Å². The molecule has 2 aliphatic carbocycles. The number of aromatic nitrogens is 2. The number of anilines is 2. The molecule has 1 saturated carbocycles. The molecule has 3 N–H and O–H groups in total. The van der Waals surface area contributed by atoms with E-state index in [1.54, 1.807) is 18.3 Å². The van der Waals surface area contributed by atoms with Crippen molar-refractivity contribution >= 4 is 35.8 Å². The molecule has 0 spiro atoms. The third-order valence-corrected chi connectivity index (χ3v) is 6.89. The summed E-state index contributed by atoms with van der Waals surface area (Å²) in [6.07, 6.45) is 8.83. The van der Waals surface area contributed by atoms with Crippen LogP contribution in [0.2, 0.25) is 0 Å². The molecule has 0 saturated heterocycles. The molecule has 1 fully saturated rings. The Labute approximate surface area is 218 Å². The summed E-state index contributed by atoms with van der Waals surface area (Å²) in [5, 5.41) is 21.6. The maximum absolute atomic E-state index is 13.2. The van der Waals surface area contributed by atoms with Gasteiger partial charge in [0.15, 0.2) is 0 Å². The van der Waals surface area contributed by atoms with Crippen molar-refractivity contribution in [1.29, 1.82) is 5.41 Å². The molecule has 3 atom stereocenters. The van der Waals surface area contributed by atoms with Crippen molar-refractivity contribution < 1.29 is 9.50 Å². The number of benzene rings is 1. The Bertz CT molecular complexity index is 1140. The lowest BCUT2D eigenvalue weighted by Gasteiger charge is -2.39. The minimum absolute atomic E-state index is 0.276. The largest absolute Gasteiger partial charge is 0.390 e. The van der Waals surface area contributed by atoms with Gasteiger partial charge < -0.3 is 15.8 Å². The van der Waals surface area contributed by atoms with Crippen LogP contribution in [0.1, 0.15) is 67.5 Å². The van der Waals surface area contributed by atoms with E-state index >= 15 is 0 Å². The van der Waals surface area contributed by atoms with Crippen molar-refractivity contribution in [3.63, 3.8) is 0 Å². The summed E-state index contributed by atoms with van der Waals surface area (Å²) < 4.78 is 13.2. The lowest BCUT2D eigenvalue weighted by atomic mass is 9.69. The molecule has 0 amide bonds. The zero-order valence-corrected chi connectivity index (χ0v) is 21.8. The van der Waals surface area contributed by atoms with Gasteiger partial charge in [-0.2, -0.15) is 0 Å². The molecule has 0 aliphatic heterocycles. The molecule has 3 aromatic rings. The van der Waals surface area contributed by atoms with Crippen LogP contribution in [0.5, 0.6) is 0 Å². The molecule has 5 nitrogen and oxygen atoms in total. The molecule has 5 rings (SSSR count). The highest BCUT2D eigenvalue weighted by atomic mass is 32.1. The average molecular weight is 507 g/mol. The lowest BCUT2D eigenvalue weighted by Crippen LogP contribution is -2.35. The number of aliphatic hydroxyl groups is 1. The molecular formula is C29H35FN4OS. The van der Waals surface area contributed by atoms with E-state index < -0.39 is 5.60 Å². The number of rotatable bonds is 3. The van der Waals surface area contributed by atoms with Crippen molar-refractivity contribution in [2.24, 2.45) is 5.92 Å². The van der Waals surface area contributed by atoms with Gasteiger partial charge in [-0.25, -0.2) is 9.37 Å². The highest BCUT2D eigenvalue weighted by molar-refractivity contribution is 7.77. The van der Waals surface area contributed by atoms with Crippen molar-refractivity contribution in [3.05, 3.63) is 83.1 Å². The van der Waals surface area contributed by atoms with Gasteiger partial charge in [0, 0.05) is 35.1 Å². The predicted molar refractivity (Wildman–Crippen MR) is 149 cm³/mol. The molecule has 2 aliphatic rings. The van der Waals surface area contributed by atoms with Gasteiger partial charge in [-0.15, -0.1) is 0 Å². The zero-order valence-electron chi connectivity index (χ0n) is 21.0. The Morgan fingerprint density at radius 3 is 2.56 bits per heavy atom. The molecule has 1 aromatic carbocycles. The Kier molecular flexibility index (Phi) is 9.79.